The Kier molecular flexibility index (Phi) is 5.98. The van der Waals surface area contributed by atoms with E-state index in [2.05, 4.69) is 15.4 Å². The number of amides is 1. The van der Waals surface area contributed by atoms with Crippen molar-refractivity contribution in [2.75, 3.05) is 6.61 Å². The first-order valence-corrected chi connectivity index (χ1v) is 11.8. The molecule has 1 atom stereocenters. The van der Waals surface area contributed by atoms with Gasteiger partial charge in [-0.3, -0.25) is 9.59 Å². The molecule has 5 rings (SSSR count). The van der Waals surface area contributed by atoms with Crippen molar-refractivity contribution in [2.45, 2.75) is 45.1 Å². The molecule has 7 nitrogen and oxygen atoms in total. The lowest BCUT2D eigenvalue weighted by atomic mass is 10.0. The minimum atomic E-state index is -0.519. The van der Waals surface area contributed by atoms with Crippen LogP contribution in [0.2, 0.25) is 0 Å². The van der Waals surface area contributed by atoms with Gasteiger partial charge in [-0.25, -0.2) is 8.91 Å². The van der Waals surface area contributed by atoms with Crippen molar-refractivity contribution in [1.82, 2.24) is 19.9 Å². The maximum atomic E-state index is 13.4. The summed E-state index contributed by atoms with van der Waals surface area (Å²) < 4.78 is 14.9. The molecule has 1 saturated carbocycles. The summed E-state index contributed by atoms with van der Waals surface area (Å²) in [5, 5.41) is 17.0. The molecule has 1 amide bonds. The SMILES string of the molecule is Cc1ccc(-c2cn3nc(C(=O)N[C@H](CCO)c4ccc(F)cc4)c(C4CC4)c3c(=O)[nH]2)cc1C. The second-order valence-electron chi connectivity index (χ2n) is 9.22. The standard InChI is InChI=1S/C27H27FN4O3/c1-15-3-4-19(13-16(15)2)22-14-32-25(27(35)30-22)23(18-5-6-18)24(31-32)26(34)29-21(11-12-33)17-7-9-20(28)10-8-17/h3-4,7-10,13-14,18,21,33H,5-6,11-12H2,1-2H3,(H,29,34)(H,30,35)/t21-/m1/s1. The van der Waals surface area contributed by atoms with Crippen LogP contribution in [0.5, 0.6) is 0 Å². The number of aliphatic hydroxyl groups excluding tert-OH is 1. The summed E-state index contributed by atoms with van der Waals surface area (Å²) in [5.74, 6) is -0.701. The van der Waals surface area contributed by atoms with Crippen molar-refractivity contribution < 1.29 is 14.3 Å². The van der Waals surface area contributed by atoms with Crippen LogP contribution in [0.3, 0.4) is 0 Å². The highest BCUT2D eigenvalue weighted by Crippen LogP contribution is 2.43. The molecule has 4 aromatic rings. The zero-order chi connectivity index (χ0) is 24.7. The molecule has 35 heavy (non-hydrogen) atoms. The topological polar surface area (TPSA) is 99.5 Å². The van der Waals surface area contributed by atoms with E-state index in [4.69, 9.17) is 0 Å². The van der Waals surface area contributed by atoms with Gasteiger partial charge in [0.2, 0.25) is 0 Å². The van der Waals surface area contributed by atoms with Gasteiger partial charge < -0.3 is 15.4 Å². The van der Waals surface area contributed by atoms with Crippen LogP contribution < -0.4 is 10.9 Å². The molecule has 0 bridgehead atoms. The molecule has 1 aliphatic carbocycles. The molecule has 8 heteroatoms. The molecule has 3 N–H and O–H groups in total. The van der Waals surface area contributed by atoms with Gasteiger partial charge in [0.25, 0.3) is 11.5 Å². The Morgan fingerprint density at radius 2 is 1.94 bits per heavy atom. The fourth-order valence-corrected chi connectivity index (χ4v) is 4.46. The summed E-state index contributed by atoms with van der Waals surface area (Å²) in [7, 11) is 0. The molecule has 0 saturated heterocycles. The zero-order valence-corrected chi connectivity index (χ0v) is 19.6. The number of carbonyl (C=O) groups excluding carboxylic acids is 1. The van der Waals surface area contributed by atoms with E-state index in [1.165, 1.54) is 16.6 Å². The summed E-state index contributed by atoms with van der Waals surface area (Å²) >= 11 is 0. The predicted molar refractivity (Wildman–Crippen MR) is 131 cm³/mol. The summed E-state index contributed by atoms with van der Waals surface area (Å²) in [4.78, 5) is 29.5. The van der Waals surface area contributed by atoms with Crippen molar-refractivity contribution in [3.05, 3.63) is 92.8 Å². The van der Waals surface area contributed by atoms with E-state index in [-0.39, 0.29) is 36.0 Å². The number of rotatable bonds is 7. The molecular formula is C27H27FN4O3. The molecular weight excluding hydrogens is 447 g/mol. The molecule has 0 radical (unpaired) electrons. The van der Waals surface area contributed by atoms with Crippen LogP contribution in [0.4, 0.5) is 4.39 Å². The van der Waals surface area contributed by atoms with Crippen molar-refractivity contribution in [3.8, 4) is 11.3 Å². The number of H-pyrrole nitrogens is 1. The van der Waals surface area contributed by atoms with Crippen LogP contribution in [0.15, 0.2) is 53.5 Å². The molecule has 2 aromatic heterocycles. The number of aromatic nitrogens is 3. The van der Waals surface area contributed by atoms with Crippen LogP contribution in [0, 0.1) is 19.7 Å². The van der Waals surface area contributed by atoms with E-state index < -0.39 is 11.9 Å². The van der Waals surface area contributed by atoms with Crippen LogP contribution in [-0.4, -0.2) is 32.2 Å². The fourth-order valence-electron chi connectivity index (χ4n) is 4.46. The first kappa shape index (κ1) is 23.0. The third kappa shape index (κ3) is 4.49. The Balaban J connectivity index is 1.55. The van der Waals surface area contributed by atoms with Crippen molar-refractivity contribution >= 4 is 11.4 Å². The maximum Gasteiger partial charge on any atom is 0.274 e. The maximum absolute atomic E-state index is 13.4. The lowest BCUT2D eigenvalue weighted by molar-refractivity contribution is 0.0923. The number of nitrogens with zero attached hydrogens (tertiary/aromatic N) is 2. The van der Waals surface area contributed by atoms with Crippen molar-refractivity contribution in [1.29, 1.82) is 0 Å². The number of fused-ring (bicyclic) bond motifs is 1. The number of hydrogen-bond donors (Lipinski definition) is 3. The van der Waals surface area contributed by atoms with Gasteiger partial charge in [0.1, 0.15) is 11.3 Å². The summed E-state index contributed by atoms with van der Waals surface area (Å²) in [6.45, 7) is 3.89. The Bertz CT molecular complexity index is 1470. The van der Waals surface area contributed by atoms with Crippen molar-refractivity contribution in [2.24, 2.45) is 0 Å². The molecule has 0 unspecified atom stereocenters. The minimum absolute atomic E-state index is 0.101. The minimum Gasteiger partial charge on any atom is -0.396 e. The van der Waals surface area contributed by atoms with E-state index >= 15 is 0 Å². The normalized spacial score (nSPS) is 14.3. The number of nitrogens with one attached hydrogen (secondary N) is 2. The third-order valence-electron chi connectivity index (χ3n) is 6.68. The van der Waals surface area contributed by atoms with E-state index in [0.29, 0.717) is 22.3 Å². The van der Waals surface area contributed by atoms with Crippen LogP contribution in [0.1, 0.15) is 64.0 Å². The number of hydrogen-bond acceptors (Lipinski definition) is 4. The van der Waals surface area contributed by atoms with Crippen molar-refractivity contribution in [3.63, 3.8) is 0 Å². The number of halogens is 1. The van der Waals surface area contributed by atoms with Gasteiger partial charge >= 0.3 is 0 Å². The predicted octanol–water partition coefficient (Wildman–Crippen LogP) is 4.18. The number of aryl methyl sites for hydroxylation is 2. The summed E-state index contributed by atoms with van der Waals surface area (Å²) in [6, 6.07) is 11.2. The molecule has 2 aromatic carbocycles. The second-order valence-corrected chi connectivity index (χ2v) is 9.22. The largest absolute Gasteiger partial charge is 0.396 e. The van der Waals surface area contributed by atoms with Gasteiger partial charge in [-0.05, 0) is 79.5 Å². The Morgan fingerprint density at radius 1 is 1.20 bits per heavy atom. The molecule has 1 fully saturated rings. The highest BCUT2D eigenvalue weighted by molar-refractivity contribution is 5.96. The Hall–Kier alpha value is -3.78. The van der Waals surface area contributed by atoms with Gasteiger partial charge in [0.15, 0.2) is 5.69 Å². The van der Waals surface area contributed by atoms with Crippen LogP contribution >= 0.6 is 0 Å². The van der Waals surface area contributed by atoms with Gasteiger partial charge in [-0.15, -0.1) is 0 Å². The zero-order valence-electron chi connectivity index (χ0n) is 19.6. The smallest absolute Gasteiger partial charge is 0.274 e. The Morgan fingerprint density at radius 3 is 2.60 bits per heavy atom. The van der Waals surface area contributed by atoms with E-state index in [9.17, 15) is 19.1 Å². The first-order chi connectivity index (χ1) is 16.9. The van der Waals surface area contributed by atoms with Gasteiger partial charge in [0, 0.05) is 12.2 Å². The van der Waals surface area contributed by atoms with Gasteiger partial charge in [-0.2, -0.15) is 5.10 Å². The fraction of sp³-hybridized carbons (Fsp3) is 0.296. The number of aromatic amines is 1. The third-order valence-corrected chi connectivity index (χ3v) is 6.68. The van der Waals surface area contributed by atoms with Crippen LogP contribution in [0.25, 0.3) is 16.8 Å². The monoisotopic (exact) mass is 474 g/mol. The van der Waals surface area contributed by atoms with E-state index in [1.54, 1.807) is 18.3 Å². The lowest BCUT2D eigenvalue weighted by Gasteiger charge is -2.18. The summed E-state index contributed by atoms with van der Waals surface area (Å²) in [5.41, 5.74) is 5.37. The molecule has 2 heterocycles. The highest BCUT2D eigenvalue weighted by atomic mass is 19.1. The average molecular weight is 475 g/mol. The van der Waals surface area contributed by atoms with Gasteiger partial charge in [0.05, 0.1) is 17.9 Å². The van der Waals surface area contributed by atoms with E-state index in [1.807, 2.05) is 32.0 Å². The first-order valence-electron chi connectivity index (χ1n) is 11.8. The number of carbonyl (C=O) groups is 1. The molecule has 0 aliphatic heterocycles. The highest BCUT2D eigenvalue weighted by Gasteiger charge is 2.34. The molecule has 1 aliphatic rings. The van der Waals surface area contributed by atoms with Gasteiger partial charge in [-0.1, -0.05) is 24.3 Å². The van der Waals surface area contributed by atoms with E-state index in [0.717, 1.165) is 29.5 Å². The number of benzene rings is 2. The second kappa shape index (κ2) is 9.11. The summed E-state index contributed by atoms with van der Waals surface area (Å²) in [6.07, 6.45) is 3.78. The lowest BCUT2D eigenvalue weighted by Crippen LogP contribution is -2.30. The Labute approximate surface area is 201 Å². The molecule has 180 valence electrons. The molecule has 0 spiro atoms. The average Bonchev–Trinajstić information content (AvgIpc) is 3.60. The quantitative estimate of drug-likeness (QED) is 0.374. The number of aliphatic hydroxyl groups is 1. The van der Waals surface area contributed by atoms with Crippen LogP contribution in [-0.2, 0) is 0 Å².